The maximum absolute atomic E-state index is 11.7. The van der Waals surface area contributed by atoms with Crippen molar-refractivity contribution in [1.82, 2.24) is 9.78 Å². The summed E-state index contributed by atoms with van der Waals surface area (Å²) in [4.78, 5) is 11.7. The van der Waals surface area contributed by atoms with Crippen molar-refractivity contribution in [2.24, 2.45) is 0 Å². The first-order valence-electron chi connectivity index (χ1n) is 6.08. The van der Waals surface area contributed by atoms with E-state index in [2.05, 4.69) is 11.2 Å². The number of nitrogens with zero attached hydrogens (tertiary/aromatic N) is 1. The molecule has 4 nitrogen and oxygen atoms in total. The predicted octanol–water partition coefficient (Wildman–Crippen LogP) is 2.39. The third-order valence-corrected chi connectivity index (χ3v) is 3.26. The van der Waals surface area contributed by atoms with Crippen LogP contribution in [0.4, 0.5) is 0 Å². The van der Waals surface area contributed by atoms with Gasteiger partial charge < -0.3 is 9.84 Å². The van der Waals surface area contributed by atoms with Crippen LogP contribution >= 0.6 is 0 Å². The van der Waals surface area contributed by atoms with E-state index >= 15 is 0 Å². The molecule has 2 aromatic carbocycles. The van der Waals surface area contributed by atoms with Crippen LogP contribution < -0.4 is 10.3 Å². The molecule has 3 aromatic rings. The average molecular weight is 254 g/mol. The van der Waals surface area contributed by atoms with E-state index in [0.29, 0.717) is 6.54 Å². The van der Waals surface area contributed by atoms with E-state index in [1.165, 1.54) is 6.07 Å². The molecule has 0 saturated heterocycles. The molecule has 0 fully saturated rings. The fraction of sp³-hybridized carbons (Fsp3) is 0.133. The third-order valence-electron chi connectivity index (χ3n) is 3.26. The number of hydrogen-bond donors (Lipinski definition) is 1. The van der Waals surface area contributed by atoms with Gasteiger partial charge in [-0.1, -0.05) is 30.3 Å². The second-order valence-corrected chi connectivity index (χ2v) is 4.35. The summed E-state index contributed by atoms with van der Waals surface area (Å²) in [6, 6.07) is 13.6. The number of H-pyrrole nitrogens is 1. The molecule has 96 valence electrons. The van der Waals surface area contributed by atoms with Gasteiger partial charge in [-0.25, -0.2) is 4.68 Å². The standard InChI is InChI=1S/C15H14N2O2/c1-19-14-7-6-11-4-2-3-5-12(11)13(14)10-17-15(18)8-9-16-17/h2-9,16H,10H2,1H3. The number of rotatable bonds is 3. The molecule has 1 heterocycles. The van der Waals surface area contributed by atoms with Crippen LogP contribution in [0, 0.1) is 0 Å². The molecule has 1 aromatic heterocycles. The van der Waals surface area contributed by atoms with Crippen molar-refractivity contribution in [3.63, 3.8) is 0 Å². The molecule has 0 aliphatic carbocycles. The second-order valence-electron chi connectivity index (χ2n) is 4.35. The van der Waals surface area contributed by atoms with E-state index in [4.69, 9.17) is 4.74 Å². The lowest BCUT2D eigenvalue weighted by atomic mass is 10.0. The van der Waals surface area contributed by atoms with Crippen LogP contribution in [0.3, 0.4) is 0 Å². The Morgan fingerprint density at radius 3 is 2.74 bits per heavy atom. The van der Waals surface area contributed by atoms with Gasteiger partial charge in [0, 0.05) is 17.8 Å². The lowest BCUT2D eigenvalue weighted by molar-refractivity contribution is 0.408. The van der Waals surface area contributed by atoms with Gasteiger partial charge in [0.15, 0.2) is 0 Å². The van der Waals surface area contributed by atoms with Crippen molar-refractivity contribution in [2.45, 2.75) is 6.54 Å². The minimum absolute atomic E-state index is 0.0463. The summed E-state index contributed by atoms with van der Waals surface area (Å²) in [5.41, 5.74) is 0.958. The molecule has 1 N–H and O–H groups in total. The van der Waals surface area contributed by atoms with Crippen LogP contribution in [0.5, 0.6) is 5.75 Å². The van der Waals surface area contributed by atoms with Gasteiger partial charge in [0.25, 0.3) is 5.56 Å². The van der Waals surface area contributed by atoms with E-state index in [-0.39, 0.29) is 5.56 Å². The van der Waals surface area contributed by atoms with Gasteiger partial charge in [-0.2, -0.15) is 0 Å². The van der Waals surface area contributed by atoms with Gasteiger partial charge in [-0.3, -0.25) is 4.79 Å². The van der Waals surface area contributed by atoms with E-state index in [1.54, 1.807) is 18.0 Å². The number of aromatic nitrogens is 2. The quantitative estimate of drug-likeness (QED) is 0.780. The maximum atomic E-state index is 11.7. The fourth-order valence-electron chi connectivity index (χ4n) is 2.30. The fourth-order valence-corrected chi connectivity index (χ4v) is 2.30. The van der Waals surface area contributed by atoms with Gasteiger partial charge in [0.2, 0.25) is 0 Å². The van der Waals surface area contributed by atoms with E-state index in [1.807, 2.05) is 30.3 Å². The first kappa shape index (κ1) is 11.6. The second kappa shape index (κ2) is 4.65. The van der Waals surface area contributed by atoms with E-state index < -0.39 is 0 Å². The molecule has 0 saturated carbocycles. The summed E-state index contributed by atoms with van der Waals surface area (Å²) in [6.07, 6.45) is 1.64. The number of hydrogen-bond acceptors (Lipinski definition) is 2. The Bertz CT molecular complexity index is 771. The van der Waals surface area contributed by atoms with Gasteiger partial charge in [-0.15, -0.1) is 0 Å². The summed E-state index contributed by atoms with van der Waals surface area (Å²) in [7, 11) is 1.64. The topological polar surface area (TPSA) is 47.0 Å². The lowest BCUT2D eigenvalue weighted by Crippen LogP contribution is -2.17. The Balaban J connectivity index is 2.20. The highest BCUT2D eigenvalue weighted by molar-refractivity contribution is 5.87. The normalized spacial score (nSPS) is 10.8. The highest BCUT2D eigenvalue weighted by Gasteiger charge is 2.09. The number of aromatic amines is 1. The molecule has 0 spiro atoms. The monoisotopic (exact) mass is 254 g/mol. The highest BCUT2D eigenvalue weighted by atomic mass is 16.5. The molecule has 0 amide bonds. The zero-order chi connectivity index (χ0) is 13.2. The van der Waals surface area contributed by atoms with Gasteiger partial charge in [0.05, 0.1) is 13.7 Å². The third kappa shape index (κ3) is 2.01. The average Bonchev–Trinajstić information content (AvgIpc) is 2.85. The Morgan fingerprint density at radius 2 is 2.00 bits per heavy atom. The zero-order valence-electron chi connectivity index (χ0n) is 10.6. The minimum Gasteiger partial charge on any atom is -0.496 e. The smallest absolute Gasteiger partial charge is 0.266 e. The van der Waals surface area contributed by atoms with Crippen LogP contribution in [0.2, 0.25) is 0 Å². The molecule has 3 rings (SSSR count). The first-order chi connectivity index (χ1) is 9.29. The lowest BCUT2D eigenvalue weighted by Gasteiger charge is -2.12. The summed E-state index contributed by atoms with van der Waals surface area (Å²) in [5.74, 6) is 0.792. The van der Waals surface area contributed by atoms with Crippen molar-refractivity contribution < 1.29 is 4.74 Å². The minimum atomic E-state index is -0.0463. The molecular weight excluding hydrogens is 240 g/mol. The molecule has 19 heavy (non-hydrogen) atoms. The zero-order valence-corrected chi connectivity index (χ0v) is 10.6. The molecule has 0 unspecified atom stereocenters. The SMILES string of the molecule is COc1ccc2ccccc2c1Cn1[nH]ccc1=O. The Morgan fingerprint density at radius 1 is 1.16 bits per heavy atom. The van der Waals surface area contributed by atoms with E-state index in [9.17, 15) is 4.79 Å². The number of methoxy groups -OCH3 is 1. The molecule has 0 aliphatic rings. The first-order valence-corrected chi connectivity index (χ1v) is 6.08. The molecular formula is C15H14N2O2. The van der Waals surface area contributed by atoms with Gasteiger partial charge >= 0.3 is 0 Å². The largest absolute Gasteiger partial charge is 0.496 e. The number of ether oxygens (including phenoxy) is 1. The van der Waals surface area contributed by atoms with Gasteiger partial charge in [-0.05, 0) is 16.8 Å². The van der Waals surface area contributed by atoms with Crippen molar-refractivity contribution in [3.8, 4) is 5.75 Å². The highest BCUT2D eigenvalue weighted by Crippen LogP contribution is 2.28. The number of nitrogens with one attached hydrogen (secondary N) is 1. The Labute approximate surface area is 110 Å². The number of benzene rings is 2. The molecule has 0 radical (unpaired) electrons. The van der Waals surface area contributed by atoms with Crippen LogP contribution in [-0.2, 0) is 6.54 Å². The van der Waals surface area contributed by atoms with Crippen molar-refractivity contribution >= 4 is 10.8 Å². The number of fused-ring (bicyclic) bond motifs is 1. The summed E-state index contributed by atoms with van der Waals surface area (Å²) in [5, 5.41) is 5.16. The molecule has 0 atom stereocenters. The van der Waals surface area contributed by atoms with Crippen molar-refractivity contribution in [2.75, 3.05) is 7.11 Å². The summed E-state index contributed by atoms with van der Waals surface area (Å²) >= 11 is 0. The van der Waals surface area contributed by atoms with Gasteiger partial charge in [0.1, 0.15) is 5.75 Å². The van der Waals surface area contributed by atoms with Crippen LogP contribution in [0.15, 0.2) is 53.5 Å². The molecule has 4 heteroatoms. The summed E-state index contributed by atoms with van der Waals surface area (Å²) in [6.45, 7) is 0.469. The summed E-state index contributed by atoms with van der Waals surface area (Å²) < 4.78 is 6.97. The Kier molecular flexibility index (Phi) is 2.83. The van der Waals surface area contributed by atoms with E-state index in [0.717, 1.165) is 22.1 Å². The van der Waals surface area contributed by atoms with Crippen LogP contribution in [-0.4, -0.2) is 16.9 Å². The Hall–Kier alpha value is -2.49. The van der Waals surface area contributed by atoms with Crippen molar-refractivity contribution in [1.29, 1.82) is 0 Å². The van der Waals surface area contributed by atoms with Crippen LogP contribution in [0.25, 0.3) is 10.8 Å². The van der Waals surface area contributed by atoms with Crippen molar-refractivity contribution in [3.05, 3.63) is 64.6 Å². The maximum Gasteiger partial charge on any atom is 0.266 e. The molecule has 0 bridgehead atoms. The van der Waals surface area contributed by atoms with Crippen LogP contribution in [0.1, 0.15) is 5.56 Å². The predicted molar refractivity (Wildman–Crippen MR) is 74.7 cm³/mol. The molecule has 0 aliphatic heterocycles.